The van der Waals surface area contributed by atoms with Gasteiger partial charge in [0.15, 0.2) is 0 Å². The van der Waals surface area contributed by atoms with Gasteiger partial charge in [-0.1, -0.05) is 60.8 Å². The Kier molecular flexibility index (Phi) is 17.1. The lowest BCUT2D eigenvalue weighted by Gasteiger charge is -2.19. The van der Waals surface area contributed by atoms with Gasteiger partial charge in [-0.25, -0.2) is 0 Å². The van der Waals surface area contributed by atoms with E-state index in [0.717, 1.165) is 25.0 Å². The molecule has 1 fully saturated rings. The molecule has 1 heterocycles. The molecule has 1 aliphatic heterocycles. The Morgan fingerprint density at radius 3 is 2.00 bits per heavy atom. The fourth-order valence-electron chi connectivity index (χ4n) is 1.71. The first-order chi connectivity index (χ1) is 7.70. The third-order valence-corrected chi connectivity index (χ3v) is 2.70. The predicted molar refractivity (Wildman–Crippen MR) is 74.9 cm³/mol. The van der Waals surface area contributed by atoms with Crippen LogP contribution in [0.5, 0.6) is 0 Å². The summed E-state index contributed by atoms with van der Waals surface area (Å²) in [5.74, 6) is 1.76. The summed E-state index contributed by atoms with van der Waals surface area (Å²) in [6.45, 7) is 15.0. The summed E-state index contributed by atoms with van der Waals surface area (Å²) in [5.41, 5.74) is 0. The topological polar surface area (TPSA) is 9.23 Å². The second kappa shape index (κ2) is 15.0. The van der Waals surface area contributed by atoms with Gasteiger partial charge < -0.3 is 4.74 Å². The number of rotatable bonds is 3. The van der Waals surface area contributed by atoms with Gasteiger partial charge in [0.2, 0.25) is 0 Å². The van der Waals surface area contributed by atoms with Crippen LogP contribution in [0.2, 0.25) is 0 Å². The van der Waals surface area contributed by atoms with Crippen LogP contribution in [0, 0.1) is 11.8 Å². The maximum absolute atomic E-state index is 5.27. The van der Waals surface area contributed by atoms with Crippen LogP contribution in [0.15, 0.2) is 0 Å². The monoisotopic (exact) mass is 230 g/mol. The zero-order valence-electron chi connectivity index (χ0n) is 12.5. The van der Waals surface area contributed by atoms with Crippen LogP contribution >= 0.6 is 0 Å². The molecule has 1 nitrogen and oxygen atoms in total. The average molecular weight is 230 g/mol. The summed E-state index contributed by atoms with van der Waals surface area (Å²) in [6.07, 6.45) is 6.66. The highest BCUT2D eigenvalue weighted by atomic mass is 16.5. The van der Waals surface area contributed by atoms with Crippen LogP contribution in [0.1, 0.15) is 73.6 Å². The molecule has 1 heteroatoms. The molecule has 0 N–H and O–H groups in total. The second-order valence-corrected chi connectivity index (χ2v) is 4.67. The van der Waals surface area contributed by atoms with Crippen molar-refractivity contribution < 1.29 is 4.74 Å². The standard InChI is InChI=1S/C7H14O.C6H14.C2H6/c1-2-7-4-3-5-8-6-7;1-4-5-6(2)3;1-2/h7H,2-6H2,1H3;6H,4-5H2,1-3H3;1-2H3. The third-order valence-electron chi connectivity index (χ3n) is 2.70. The molecule has 1 saturated heterocycles. The van der Waals surface area contributed by atoms with E-state index in [1.165, 1.54) is 32.1 Å². The average Bonchev–Trinajstić information content (AvgIpc) is 2.33. The molecule has 0 spiro atoms. The van der Waals surface area contributed by atoms with Gasteiger partial charge in [0, 0.05) is 13.2 Å². The van der Waals surface area contributed by atoms with Crippen LogP contribution in [0.3, 0.4) is 0 Å². The summed E-state index contributed by atoms with van der Waals surface area (Å²) in [5, 5.41) is 0. The smallest absolute Gasteiger partial charge is 0.0494 e. The molecule has 0 amide bonds. The maximum atomic E-state index is 5.27. The van der Waals surface area contributed by atoms with Gasteiger partial charge in [0.25, 0.3) is 0 Å². The first kappa shape index (κ1) is 18.3. The first-order valence-electron chi connectivity index (χ1n) is 7.28. The molecule has 0 saturated carbocycles. The molecule has 16 heavy (non-hydrogen) atoms. The number of ether oxygens (including phenoxy) is 1. The molecule has 1 rings (SSSR count). The summed E-state index contributed by atoms with van der Waals surface area (Å²) in [7, 11) is 0. The van der Waals surface area contributed by atoms with Crippen molar-refractivity contribution in [1.82, 2.24) is 0 Å². The van der Waals surface area contributed by atoms with Crippen LogP contribution in [0.4, 0.5) is 0 Å². The van der Waals surface area contributed by atoms with Crippen molar-refractivity contribution in [3.8, 4) is 0 Å². The van der Waals surface area contributed by atoms with E-state index in [2.05, 4.69) is 27.7 Å². The van der Waals surface area contributed by atoms with E-state index in [9.17, 15) is 0 Å². The number of hydrogen-bond donors (Lipinski definition) is 0. The van der Waals surface area contributed by atoms with E-state index < -0.39 is 0 Å². The molecule has 0 aliphatic carbocycles. The van der Waals surface area contributed by atoms with Gasteiger partial charge in [-0.05, 0) is 24.7 Å². The summed E-state index contributed by atoms with van der Waals surface area (Å²) in [4.78, 5) is 0. The molecule has 0 bridgehead atoms. The van der Waals surface area contributed by atoms with E-state index in [1.807, 2.05) is 13.8 Å². The van der Waals surface area contributed by atoms with Gasteiger partial charge in [-0.2, -0.15) is 0 Å². The minimum absolute atomic E-state index is 0.865. The maximum Gasteiger partial charge on any atom is 0.0494 e. The lowest BCUT2D eigenvalue weighted by molar-refractivity contribution is 0.0535. The van der Waals surface area contributed by atoms with Crippen molar-refractivity contribution in [3.63, 3.8) is 0 Å². The van der Waals surface area contributed by atoms with Crippen molar-refractivity contribution in [2.24, 2.45) is 11.8 Å². The lowest BCUT2D eigenvalue weighted by Crippen LogP contribution is -2.15. The van der Waals surface area contributed by atoms with Gasteiger partial charge in [-0.15, -0.1) is 0 Å². The molecule has 0 aromatic carbocycles. The van der Waals surface area contributed by atoms with E-state index in [0.29, 0.717) is 0 Å². The highest BCUT2D eigenvalue weighted by Crippen LogP contribution is 2.15. The zero-order valence-corrected chi connectivity index (χ0v) is 12.5. The SMILES string of the molecule is CC.CCC1CCCOC1.CCCC(C)C. The largest absolute Gasteiger partial charge is 0.381 e. The van der Waals surface area contributed by atoms with Gasteiger partial charge >= 0.3 is 0 Å². The molecular weight excluding hydrogens is 196 g/mol. The Labute approximate surface area is 104 Å². The molecule has 1 unspecified atom stereocenters. The summed E-state index contributed by atoms with van der Waals surface area (Å²) in [6, 6.07) is 0. The van der Waals surface area contributed by atoms with Crippen molar-refractivity contribution in [2.45, 2.75) is 73.6 Å². The summed E-state index contributed by atoms with van der Waals surface area (Å²) < 4.78 is 5.27. The molecule has 0 aromatic heterocycles. The minimum atomic E-state index is 0.865. The van der Waals surface area contributed by atoms with Gasteiger partial charge in [-0.3, -0.25) is 0 Å². The van der Waals surface area contributed by atoms with Crippen LogP contribution in [-0.2, 0) is 4.74 Å². The molecule has 1 aliphatic rings. The molecule has 1 atom stereocenters. The third kappa shape index (κ3) is 14.0. The predicted octanol–water partition coefficient (Wildman–Crippen LogP) is 5.29. The molecule has 0 aromatic rings. The minimum Gasteiger partial charge on any atom is -0.381 e. The first-order valence-corrected chi connectivity index (χ1v) is 7.28. The van der Waals surface area contributed by atoms with Crippen molar-refractivity contribution in [1.29, 1.82) is 0 Å². The highest BCUT2D eigenvalue weighted by Gasteiger charge is 2.10. The van der Waals surface area contributed by atoms with Crippen LogP contribution in [-0.4, -0.2) is 13.2 Å². The van der Waals surface area contributed by atoms with E-state index in [1.54, 1.807) is 0 Å². The quantitative estimate of drug-likeness (QED) is 0.640. The zero-order chi connectivity index (χ0) is 12.8. The Morgan fingerprint density at radius 1 is 1.19 bits per heavy atom. The number of hydrogen-bond acceptors (Lipinski definition) is 1. The fraction of sp³-hybridized carbons (Fsp3) is 1.00. The highest BCUT2D eigenvalue weighted by molar-refractivity contribution is 4.59. The van der Waals surface area contributed by atoms with Crippen molar-refractivity contribution in [3.05, 3.63) is 0 Å². The molecule has 100 valence electrons. The second-order valence-electron chi connectivity index (χ2n) is 4.67. The Bertz CT molecular complexity index is 104. The van der Waals surface area contributed by atoms with Gasteiger partial charge in [0.05, 0.1) is 0 Å². The van der Waals surface area contributed by atoms with Crippen LogP contribution < -0.4 is 0 Å². The Morgan fingerprint density at radius 2 is 1.81 bits per heavy atom. The summed E-state index contributed by atoms with van der Waals surface area (Å²) >= 11 is 0. The molecule has 0 radical (unpaired) electrons. The van der Waals surface area contributed by atoms with Gasteiger partial charge in [0.1, 0.15) is 0 Å². The van der Waals surface area contributed by atoms with E-state index in [-0.39, 0.29) is 0 Å². The normalized spacial score (nSPS) is 19.3. The lowest BCUT2D eigenvalue weighted by atomic mass is 10.0. The van der Waals surface area contributed by atoms with E-state index in [4.69, 9.17) is 4.74 Å². The Hall–Kier alpha value is -0.0400. The van der Waals surface area contributed by atoms with Crippen molar-refractivity contribution >= 4 is 0 Å². The molecular formula is C15H34O. The van der Waals surface area contributed by atoms with Crippen molar-refractivity contribution in [2.75, 3.05) is 13.2 Å². The van der Waals surface area contributed by atoms with E-state index >= 15 is 0 Å². The van der Waals surface area contributed by atoms with Crippen LogP contribution in [0.25, 0.3) is 0 Å². The fourth-order valence-corrected chi connectivity index (χ4v) is 1.71. The Balaban J connectivity index is 0.